The Morgan fingerprint density at radius 3 is 2.70 bits per heavy atom. The number of nitrogens with one attached hydrogen (secondary N) is 2. The summed E-state index contributed by atoms with van der Waals surface area (Å²) in [5.41, 5.74) is 1.01. The predicted octanol–water partition coefficient (Wildman–Crippen LogP) is 5.39. The van der Waals surface area contributed by atoms with E-state index in [4.69, 9.17) is 4.74 Å². The van der Waals surface area contributed by atoms with Crippen LogP contribution in [0.5, 0.6) is 5.75 Å². The number of halogens is 1. The Morgan fingerprint density at radius 2 is 2.10 bits per heavy atom. The Bertz CT molecular complexity index is 749. The molecule has 0 aliphatic carbocycles. The van der Waals surface area contributed by atoms with Crippen molar-refractivity contribution in [1.82, 2.24) is 20.5 Å². The van der Waals surface area contributed by atoms with Crippen LogP contribution in [0.3, 0.4) is 0 Å². The average Bonchev–Trinajstić information content (AvgIpc) is 3.12. The number of nitrogens with zero attached hydrogens (tertiary/aromatic N) is 3. The fraction of sp³-hybridized carbons (Fsp3) is 0.591. The molecule has 1 aliphatic rings. The van der Waals surface area contributed by atoms with Gasteiger partial charge in [-0.1, -0.05) is 26.3 Å². The third-order valence-corrected chi connectivity index (χ3v) is 4.46. The molecule has 1 fully saturated rings. The Hall–Kier alpha value is -2.09. The van der Waals surface area contributed by atoms with Crippen molar-refractivity contribution >= 4 is 33.6 Å². The van der Waals surface area contributed by atoms with Crippen LogP contribution in [0.25, 0.3) is 0 Å². The molecule has 7 nitrogen and oxygen atoms in total. The van der Waals surface area contributed by atoms with E-state index in [0.29, 0.717) is 24.7 Å². The lowest BCUT2D eigenvalue weighted by Crippen LogP contribution is -2.42. The van der Waals surface area contributed by atoms with Gasteiger partial charge >= 0.3 is 6.03 Å². The van der Waals surface area contributed by atoms with Crippen LogP contribution in [0.4, 0.5) is 10.6 Å². The molecule has 8 heteroatoms. The number of hydrogen-bond donors (Lipinski definition) is 2. The molecule has 1 aromatic heterocycles. The van der Waals surface area contributed by atoms with E-state index in [1.54, 1.807) is 11.1 Å². The Morgan fingerprint density at radius 1 is 1.43 bits per heavy atom. The Kier molecular flexibility index (Phi) is 11.5. The summed E-state index contributed by atoms with van der Waals surface area (Å²) >= 11 is 3.44. The topological polar surface area (TPSA) is 78.9 Å². The number of likely N-dealkylation sites (tertiary alicyclic amines) is 1. The van der Waals surface area contributed by atoms with Crippen LogP contribution in [0.15, 0.2) is 33.5 Å². The van der Waals surface area contributed by atoms with Gasteiger partial charge in [-0.15, -0.1) is 0 Å². The van der Waals surface area contributed by atoms with E-state index in [2.05, 4.69) is 50.4 Å². The van der Waals surface area contributed by atoms with Crippen LogP contribution in [0, 0.1) is 0 Å². The fourth-order valence-electron chi connectivity index (χ4n) is 2.66. The monoisotopic (exact) mass is 481 g/mol. The number of urea groups is 1. The lowest BCUT2D eigenvalue weighted by Gasteiger charge is -2.19. The molecule has 2 amide bonds. The van der Waals surface area contributed by atoms with Crippen molar-refractivity contribution in [3.05, 3.63) is 28.5 Å². The van der Waals surface area contributed by atoms with Crippen molar-refractivity contribution < 1.29 is 9.53 Å². The molecule has 1 saturated heterocycles. The highest BCUT2D eigenvalue weighted by Crippen LogP contribution is 2.30. The number of ether oxygens (including phenoxy) is 1. The van der Waals surface area contributed by atoms with Gasteiger partial charge in [-0.05, 0) is 56.6 Å². The Balaban J connectivity index is 0.00000141. The fourth-order valence-corrected chi connectivity index (χ4v) is 2.97. The average molecular weight is 482 g/mol. The van der Waals surface area contributed by atoms with Gasteiger partial charge in [0.2, 0.25) is 0 Å². The third kappa shape index (κ3) is 9.15. The number of aliphatic imine (C=N–C) groups is 1. The van der Waals surface area contributed by atoms with Crippen molar-refractivity contribution in [2.45, 2.75) is 73.5 Å². The van der Waals surface area contributed by atoms with E-state index in [1.165, 1.54) is 6.42 Å². The number of rotatable bonds is 5. The zero-order valence-corrected chi connectivity index (χ0v) is 20.8. The lowest BCUT2D eigenvalue weighted by molar-refractivity contribution is 0.185. The van der Waals surface area contributed by atoms with E-state index in [1.807, 2.05) is 46.8 Å². The molecule has 0 spiro atoms. The summed E-state index contributed by atoms with van der Waals surface area (Å²) in [7, 11) is 0. The first-order chi connectivity index (χ1) is 14.2. The van der Waals surface area contributed by atoms with Gasteiger partial charge in [-0.2, -0.15) is 0 Å². The van der Waals surface area contributed by atoms with Gasteiger partial charge in [-0.3, -0.25) is 0 Å². The third-order valence-electron chi connectivity index (χ3n) is 4.02. The van der Waals surface area contributed by atoms with E-state index in [-0.39, 0.29) is 18.2 Å². The minimum Gasteiger partial charge on any atom is -0.484 e. The largest absolute Gasteiger partial charge is 0.484 e. The molecule has 2 rings (SSSR count). The molecular weight excluding hydrogens is 446 g/mol. The number of allylic oxidation sites excluding steroid dienone is 2. The molecule has 0 bridgehead atoms. The van der Waals surface area contributed by atoms with Crippen molar-refractivity contribution in [1.29, 1.82) is 0 Å². The second kappa shape index (κ2) is 13.3. The predicted molar refractivity (Wildman–Crippen MR) is 128 cm³/mol. The molecular formula is C22H36BrN5O2. The van der Waals surface area contributed by atoms with Crippen LogP contribution >= 0.6 is 15.9 Å². The maximum atomic E-state index is 12.2. The molecule has 0 radical (unpaired) electrons. The number of amidine groups is 1. The smallest absolute Gasteiger partial charge is 0.317 e. The highest BCUT2D eigenvalue weighted by Gasteiger charge is 2.28. The molecule has 2 heterocycles. The zero-order valence-electron chi connectivity index (χ0n) is 19.3. The normalized spacial score (nSPS) is 16.8. The summed E-state index contributed by atoms with van der Waals surface area (Å²) in [5, 5.41) is 6.11. The first-order valence-corrected chi connectivity index (χ1v) is 11.3. The number of amides is 2. The number of carbonyl (C=O) groups excluding carboxylic acids is 1. The molecule has 1 atom stereocenters. The van der Waals surface area contributed by atoms with Crippen LogP contribution in [0.1, 0.15) is 61.3 Å². The van der Waals surface area contributed by atoms with Gasteiger partial charge in [-0.25, -0.2) is 14.8 Å². The summed E-state index contributed by atoms with van der Waals surface area (Å²) in [6.07, 6.45) is 5.61. The summed E-state index contributed by atoms with van der Waals surface area (Å²) in [5.74, 6) is 1.84. The van der Waals surface area contributed by atoms with Gasteiger partial charge in [0.25, 0.3) is 0 Å². The molecule has 168 valence electrons. The molecule has 1 aliphatic heterocycles. The summed E-state index contributed by atoms with van der Waals surface area (Å²) in [4.78, 5) is 22.8. The summed E-state index contributed by atoms with van der Waals surface area (Å²) in [6, 6.07) is 1.92. The van der Waals surface area contributed by atoms with Crippen molar-refractivity contribution in [3.63, 3.8) is 0 Å². The number of hydrogen-bond acceptors (Lipinski definition) is 4. The van der Waals surface area contributed by atoms with Crippen molar-refractivity contribution in [2.24, 2.45) is 4.99 Å². The first kappa shape index (κ1) is 25.9. The summed E-state index contributed by atoms with van der Waals surface area (Å²) < 4.78 is 6.96. The Labute approximate surface area is 189 Å². The first-order valence-electron chi connectivity index (χ1n) is 10.5. The van der Waals surface area contributed by atoms with Crippen LogP contribution in [0.2, 0.25) is 0 Å². The molecule has 1 aromatic rings. The molecule has 0 saturated carbocycles. The van der Waals surface area contributed by atoms with E-state index < -0.39 is 0 Å². The maximum Gasteiger partial charge on any atom is 0.317 e. The maximum absolute atomic E-state index is 12.2. The molecule has 2 N–H and O–H groups in total. The molecule has 30 heavy (non-hydrogen) atoms. The minimum absolute atomic E-state index is 0.0522. The van der Waals surface area contributed by atoms with Gasteiger partial charge < -0.3 is 20.3 Å². The quantitative estimate of drug-likeness (QED) is 0.436. The van der Waals surface area contributed by atoms with Crippen molar-refractivity contribution in [2.75, 3.05) is 13.1 Å². The SMILES string of the molecule is C/C=C(/C)N/C(C)=N/c1ncc(Br)cc1OC1CCN(C(=O)NC(C)C)C1.CCC. The molecule has 1 unspecified atom stereocenters. The van der Waals surface area contributed by atoms with Gasteiger partial charge in [0.15, 0.2) is 11.6 Å². The zero-order chi connectivity index (χ0) is 22.7. The number of carbonyl (C=O) groups is 1. The van der Waals surface area contributed by atoms with Gasteiger partial charge in [0.1, 0.15) is 11.9 Å². The van der Waals surface area contributed by atoms with E-state index in [9.17, 15) is 4.79 Å². The highest BCUT2D eigenvalue weighted by atomic mass is 79.9. The standard InChI is InChI=1S/C19H28BrN5O2.C3H8/c1-6-13(4)23-14(5)24-18-17(9-15(20)10-21-18)27-16-7-8-25(11-16)19(26)22-12(2)3;1-3-2/h6,9-10,12,16H,7-8,11H2,1-5H3,(H,22,26)(H,21,23,24);3H2,1-2H3/b13-6-;. The van der Waals surface area contributed by atoms with Gasteiger partial charge in [0.05, 0.1) is 6.54 Å². The van der Waals surface area contributed by atoms with Crippen LogP contribution < -0.4 is 15.4 Å². The lowest BCUT2D eigenvalue weighted by atomic mass is 10.3. The number of aromatic nitrogens is 1. The van der Waals surface area contributed by atoms with Crippen LogP contribution in [-0.2, 0) is 0 Å². The van der Waals surface area contributed by atoms with Crippen molar-refractivity contribution in [3.8, 4) is 5.75 Å². The highest BCUT2D eigenvalue weighted by molar-refractivity contribution is 9.10. The minimum atomic E-state index is -0.0847. The van der Waals surface area contributed by atoms with E-state index >= 15 is 0 Å². The van der Waals surface area contributed by atoms with Gasteiger partial charge in [0, 0.05) is 35.4 Å². The second-order valence-corrected chi connectivity index (χ2v) is 8.47. The second-order valence-electron chi connectivity index (χ2n) is 7.56. The molecule has 0 aromatic carbocycles. The number of pyridine rings is 1. The van der Waals surface area contributed by atoms with Crippen LogP contribution in [-0.4, -0.2) is 47.0 Å². The summed E-state index contributed by atoms with van der Waals surface area (Å²) in [6.45, 7) is 15.2. The van der Waals surface area contributed by atoms with E-state index in [0.717, 1.165) is 22.4 Å².